The highest BCUT2D eigenvalue weighted by molar-refractivity contribution is 7.99. The van der Waals surface area contributed by atoms with Gasteiger partial charge in [0.2, 0.25) is 24.5 Å². The second kappa shape index (κ2) is 6.47. The molecule has 2 saturated heterocycles. The van der Waals surface area contributed by atoms with Crippen molar-refractivity contribution in [3.05, 3.63) is 18.2 Å². The van der Waals surface area contributed by atoms with Crippen LogP contribution in [0.25, 0.3) is 0 Å². The topological polar surface area (TPSA) is 97.0 Å². The zero-order valence-electron chi connectivity index (χ0n) is 13.3. The molecule has 3 heterocycles. The van der Waals surface area contributed by atoms with E-state index in [2.05, 4.69) is 10.6 Å². The van der Waals surface area contributed by atoms with Crippen LogP contribution in [0.3, 0.4) is 0 Å². The van der Waals surface area contributed by atoms with Gasteiger partial charge in [-0.3, -0.25) is 14.4 Å². The first-order chi connectivity index (χ1) is 12.1. The molecule has 4 rings (SSSR count). The lowest BCUT2D eigenvalue weighted by molar-refractivity contribution is -0.138. The van der Waals surface area contributed by atoms with E-state index in [1.165, 1.54) is 11.8 Å². The molecule has 25 heavy (non-hydrogen) atoms. The van der Waals surface area contributed by atoms with Crippen molar-refractivity contribution >= 4 is 35.2 Å². The van der Waals surface area contributed by atoms with Crippen LogP contribution in [0.2, 0.25) is 0 Å². The van der Waals surface area contributed by atoms with Crippen LogP contribution in [0, 0.1) is 0 Å². The van der Waals surface area contributed by atoms with E-state index in [0.717, 1.165) is 0 Å². The summed E-state index contributed by atoms with van der Waals surface area (Å²) in [5.41, 5.74) is 0.590. The average Bonchev–Trinajstić information content (AvgIpc) is 3.33. The van der Waals surface area contributed by atoms with Crippen molar-refractivity contribution in [1.82, 2.24) is 10.2 Å². The van der Waals surface area contributed by atoms with Gasteiger partial charge in [-0.1, -0.05) is 0 Å². The zero-order valence-corrected chi connectivity index (χ0v) is 14.1. The lowest BCUT2D eigenvalue weighted by Gasteiger charge is -2.25. The fourth-order valence-corrected chi connectivity index (χ4v) is 4.24. The van der Waals surface area contributed by atoms with Gasteiger partial charge < -0.3 is 25.0 Å². The molecule has 2 N–H and O–H groups in total. The summed E-state index contributed by atoms with van der Waals surface area (Å²) in [6.45, 7) is 0.168. The Kier molecular flexibility index (Phi) is 4.16. The average molecular weight is 363 g/mol. The summed E-state index contributed by atoms with van der Waals surface area (Å²) in [5, 5.41) is 5.50. The van der Waals surface area contributed by atoms with Crippen molar-refractivity contribution in [2.24, 2.45) is 0 Å². The maximum Gasteiger partial charge on any atom is 0.248 e. The number of ether oxygens (including phenoxy) is 2. The maximum atomic E-state index is 12.6. The first-order valence-electron chi connectivity index (χ1n) is 8.00. The van der Waals surface area contributed by atoms with Crippen LogP contribution >= 0.6 is 11.8 Å². The van der Waals surface area contributed by atoms with E-state index < -0.39 is 12.1 Å². The van der Waals surface area contributed by atoms with Crippen LogP contribution < -0.4 is 20.1 Å². The number of hydrogen-bond donors (Lipinski definition) is 2. The number of nitrogens with zero attached hydrogens (tertiary/aromatic N) is 1. The molecule has 2 fully saturated rings. The Morgan fingerprint density at radius 3 is 2.92 bits per heavy atom. The van der Waals surface area contributed by atoms with Gasteiger partial charge in [0.15, 0.2) is 11.5 Å². The van der Waals surface area contributed by atoms with Crippen LogP contribution in [0.1, 0.15) is 12.8 Å². The van der Waals surface area contributed by atoms with E-state index in [1.807, 2.05) is 0 Å². The molecule has 0 spiro atoms. The number of hydrogen-bond acceptors (Lipinski definition) is 6. The highest BCUT2D eigenvalue weighted by atomic mass is 32.2. The quantitative estimate of drug-likeness (QED) is 0.813. The number of rotatable bonds is 3. The smallest absolute Gasteiger partial charge is 0.248 e. The summed E-state index contributed by atoms with van der Waals surface area (Å²) in [7, 11) is 0. The van der Waals surface area contributed by atoms with E-state index >= 15 is 0 Å². The van der Waals surface area contributed by atoms with Crippen LogP contribution in [-0.2, 0) is 14.4 Å². The standard InChI is InChI=1S/C16H17N3O5S/c20-14-4-2-10(18-14)16(22)19-7-25-6-11(19)15(21)17-9-1-3-12-13(5-9)24-8-23-12/h1,3,5,10-11H,2,4,6-8H2,(H,17,21)(H,18,20)/t10?,11-/m1/s1. The first-order valence-corrected chi connectivity index (χ1v) is 9.15. The molecule has 1 unspecified atom stereocenters. The number of anilines is 1. The molecule has 2 atom stereocenters. The van der Waals surface area contributed by atoms with Crippen LogP contribution in [0.5, 0.6) is 11.5 Å². The second-order valence-corrected chi connectivity index (χ2v) is 7.04. The largest absolute Gasteiger partial charge is 0.454 e. The molecule has 0 saturated carbocycles. The highest BCUT2D eigenvalue weighted by Gasteiger charge is 2.39. The number of carbonyl (C=O) groups excluding carboxylic acids is 3. The Morgan fingerprint density at radius 1 is 1.28 bits per heavy atom. The summed E-state index contributed by atoms with van der Waals surface area (Å²) in [6.07, 6.45) is 0.834. The molecule has 3 aliphatic rings. The Balaban J connectivity index is 1.43. The fraction of sp³-hybridized carbons (Fsp3) is 0.438. The van der Waals surface area contributed by atoms with Crippen LogP contribution in [-0.4, -0.2) is 53.1 Å². The number of nitrogens with one attached hydrogen (secondary N) is 2. The van der Waals surface area contributed by atoms with E-state index in [1.54, 1.807) is 23.1 Å². The predicted molar refractivity (Wildman–Crippen MR) is 90.3 cm³/mol. The van der Waals surface area contributed by atoms with E-state index in [-0.39, 0.29) is 24.5 Å². The summed E-state index contributed by atoms with van der Waals surface area (Å²) in [5.74, 6) is 1.64. The number of fused-ring (bicyclic) bond motifs is 1. The Morgan fingerprint density at radius 2 is 2.12 bits per heavy atom. The van der Waals surface area contributed by atoms with E-state index in [4.69, 9.17) is 9.47 Å². The third-order valence-electron chi connectivity index (χ3n) is 4.40. The maximum absolute atomic E-state index is 12.6. The van der Waals surface area contributed by atoms with Gasteiger partial charge in [0, 0.05) is 23.9 Å². The molecule has 0 radical (unpaired) electrons. The molecule has 1 aromatic carbocycles. The van der Waals surface area contributed by atoms with Gasteiger partial charge in [0.1, 0.15) is 12.1 Å². The van der Waals surface area contributed by atoms with E-state index in [0.29, 0.717) is 41.7 Å². The minimum Gasteiger partial charge on any atom is -0.454 e. The summed E-state index contributed by atoms with van der Waals surface area (Å²) < 4.78 is 10.5. The van der Waals surface area contributed by atoms with Gasteiger partial charge in [-0.05, 0) is 18.6 Å². The lowest BCUT2D eigenvalue weighted by Crippen LogP contribution is -2.50. The van der Waals surface area contributed by atoms with Gasteiger partial charge in [-0.2, -0.15) is 0 Å². The van der Waals surface area contributed by atoms with Gasteiger partial charge in [-0.25, -0.2) is 0 Å². The molecule has 3 aliphatic heterocycles. The summed E-state index contributed by atoms with van der Waals surface area (Å²) in [4.78, 5) is 38.1. The van der Waals surface area contributed by atoms with Crippen molar-refractivity contribution in [2.45, 2.75) is 24.9 Å². The third kappa shape index (κ3) is 3.11. The second-order valence-electron chi connectivity index (χ2n) is 6.04. The van der Waals surface area contributed by atoms with Gasteiger partial charge in [0.25, 0.3) is 0 Å². The highest BCUT2D eigenvalue weighted by Crippen LogP contribution is 2.34. The molecule has 9 heteroatoms. The molecular formula is C16H17N3O5S. The van der Waals surface area contributed by atoms with Crippen LogP contribution in [0.4, 0.5) is 5.69 Å². The summed E-state index contributed by atoms with van der Waals surface area (Å²) in [6, 6.07) is 4.09. The monoisotopic (exact) mass is 363 g/mol. The van der Waals surface area contributed by atoms with Gasteiger partial charge >= 0.3 is 0 Å². The number of carbonyl (C=O) groups is 3. The first kappa shape index (κ1) is 16.1. The molecule has 8 nitrogen and oxygen atoms in total. The number of benzene rings is 1. The number of amides is 3. The Labute approximate surface area is 148 Å². The molecule has 0 aromatic heterocycles. The van der Waals surface area contributed by atoms with Crippen molar-refractivity contribution in [1.29, 1.82) is 0 Å². The molecule has 0 aliphatic carbocycles. The Bertz CT molecular complexity index is 740. The predicted octanol–water partition coefficient (Wildman–Crippen LogP) is 0.534. The van der Waals surface area contributed by atoms with Crippen LogP contribution in [0.15, 0.2) is 18.2 Å². The third-order valence-corrected chi connectivity index (χ3v) is 5.41. The zero-order chi connectivity index (χ0) is 17.4. The van der Waals surface area contributed by atoms with E-state index in [9.17, 15) is 14.4 Å². The molecular weight excluding hydrogens is 346 g/mol. The lowest BCUT2D eigenvalue weighted by atomic mass is 10.1. The molecule has 1 aromatic rings. The van der Waals surface area contributed by atoms with Crippen molar-refractivity contribution in [3.63, 3.8) is 0 Å². The van der Waals surface area contributed by atoms with Crippen molar-refractivity contribution in [2.75, 3.05) is 23.7 Å². The minimum absolute atomic E-state index is 0.119. The molecule has 132 valence electrons. The van der Waals surface area contributed by atoms with Gasteiger partial charge in [0.05, 0.1) is 5.88 Å². The number of thioether (sulfide) groups is 1. The normalized spacial score (nSPS) is 24.3. The minimum atomic E-state index is -0.555. The van der Waals surface area contributed by atoms with Crippen molar-refractivity contribution in [3.8, 4) is 11.5 Å². The fourth-order valence-electron chi connectivity index (χ4n) is 3.08. The molecule has 3 amide bonds. The Hall–Kier alpha value is -2.42. The summed E-state index contributed by atoms with van der Waals surface area (Å²) >= 11 is 1.52. The molecule has 0 bridgehead atoms. The van der Waals surface area contributed by atoms with Crippen molar-refractivity contribution < 1.29 is 23.9 Å². The van der Waals surface area contributed by atoms with Gasteiger partial charge in [-0.15, -0.1) is 11.8 Å². The SMILES string of the molecule is O=C1CCC(C(=O)N2CSC[C@@H]2C(=O)Nc2ccc3c(c2)OCO3)N1.